The number of halogens is 2. The van der Waals surface area contributed by atoms with E-state index in [0.717, 1.165) is 10.2 Å². The zero-order valence-electron chi connectivity index (χ0n) is 5.49. The zero-order valence-corrected chi connectivity index (χ0v) is 7.07. The van der Waals surface area contributed by atoms with Gasteiger partial charge in [0, 0.05) is 11.5 Å². The van der Waals surface area contributed by atoms with Gasteiger partial charge in [-0.15, -0.1) is 0 Å². The van der Waals surface area contributed by atoms with Gasteiger partial charge in [-0.3, -0.25) is 0 Å². The van der Waals surface area contributed by atoms with E-state index in [2.05, 4.69) is 21.2 Å². The van der Waals surface area contributed by atoms with Crippen LogP contribution < -0.4 is 5.32 Å². The Morgan fingerprint density at radius 3 is 2.70 bits per heavy atom. The number of anilines is 1. The molecule has 0 aliphatic heterocycles. The first-order valence-electron chi connectivity index (χ1n) is 2.87. The van der Waals surface area contributed by atoms with E-state index in [4.69, 9.17) is 0 Å². The van der Waals surface area contributed by atoms with Crippen LogP contribution >= 0.6 is 15.9 Å². The van der Waals surface area contributed by atoms with E-state index >= 15 is 0 Å². The van der Waals surface area contributed by atoms with Gasteiger partial charge in [0.25, 0.3) is 0 Å². The van der Waals surface area contributed by atoms with Crippen LogP contribution in [0.2, 0.25) is 0 Å². The second kappa shape index (κ2) is 3.01. The summed E-state index contributed by atoms with van der Waals surface area (Å²) in [7, 11) is 1.75. The molecule has 0 saturated carbocycles. The van der Waals surface area contributed by atoms with Gasteiger partial charge in [0.2, 0.25) is 0 Å². The van der Waals surface area contributed by atoms with Gasteiger partial charge in [-0.05, 0) is 34.1 Å². The van der Waals surface area contributed by atoms with Crippen molar-refractivity contribution in [3.05, 3.63) is 28.5 Å². The molecule has 10 heavy (non-hydrogen) atoms. The molecule has 1 N–H and O–H groups in total. The zero-order chi connectivity index (χ0) is 7.56. The van der Waals surface area contributed by atoms with Crippen molar-refractivity contribution in [3.63, 3.8) is 0 Å². The Labute approximate surface area is 67.4 Å². The van der Waals surface area contributed by atoms with Crippen molar-refractivity contribution in [1.82, 2.24) is 0 Å². The van der Waals surface area contributed by atoms with Gasteiger partial charge in [0.1, 0.15) is 5.82 Å². The van der Waals surface area contributed by atoms with E-state index in [9.17, 15) is 4.39 Å². The minimum atomic E-state index is -0.229. The fraction of sp³-hybridized carbons (Fsp3) is 0.143. The lowest BCUT2D eigenvalue weighted by Crippen LogP contribution is -1.89. The van der Waals surface area contributed by atoms with Gasteiger partial charge in [0.05, 0.1) is 5.69 Å². The fourth-order valence-corrected chi connectivity index (χ4v) is 1.13. The van der Waals surface area contributed by atoms with Gasteiger partial charge >= 0.3 is 0 Å². The first kappa shape index (κ1) is 7.54. The number of benzene rings is 1. The molecule has 1 rings (SSSR count). The van der Waals surface area contributed by atoms with Crippen LogP contribution in [0.25, 0.3) is 0 Å². The Kier molecular flexibility index (Phi) is 2.27. The maximum absolute atomic E-state index is 12.5. The van der Waals surface area contributed by atoms with Crippen molar-refractivity contribution in [2.24, 2.45) is 0 Å². The van der Waals surface area contributed by atoms with Crippen molar-refractivity contribution in [3.8, 4) is 0 Å². The fourth-order valence-electron chi connectivity index (χ4n) is 0.689. The molecule has 1 nitrogen and oxygen atoms in total. The maximum atomic E-state index is 12.5. The molecule has 1 aromatic rings. The minimum Gasteiger partial charge on any atom is -0.387 e. The molecule has 0 aliphatic rings. The first-order valence-corrected chi connectivity index (χ1v) is 3.66. The molecular formula is C7H7BrFN. The van der Waals surface area contributed by atoms with Crippen LogP contribution in [-0.4, -0.2) is 7.05 Å². The normalized spacial score (nSPS) is 9.50. The van der Waals surface area contributed by atoms with Crippen LogP contribution in [0.15, 0.2) is 22.7 Å². The van der Waals surface area contributed by atoms with E-state index in [1.54, 1.807) is 13.1 Å². The molecule has 0 spiro atoms. The molecule has 0 saturated heterocycles. The molecule has 0 unspecified atom stereocenters. The molecule has 54 valence electrons. The Morgan fingerprint density at radius 1 is 1.50 bits per heavy atom. The molecule has 0 atom stereocenters. The molecule has 0 fully saturated rings. The number of hydrogen-bond donors (Lipinski definition) is 1. The predicted molar refractivity (Wildman–Crippen MR) is 43.6 cm³/mol. The second-order valence-corrected chi connectivity index (χ2v) is 2.73. The molecule has 0 aliphatic carbocycles. The quantitative estimate of drug-likeness (QED) is 0.741. The lowest BCUT2D eigenvalue weighted by Gasteiger charge is -2.01. The van der Waals surface area contributed by atoms with Gasteiger partial charge in [-0.1, -0.05) is 0 Å². The lowest BCUT2D eigenvalue weighted by atomic mass is 10.3. The molecule has 0 bridgehead atoms. The Hall–Kier alpha value is -0.570. The SMILES string of the molecule is CNc1cc(F)ccc1Br. The summed E-state index contributed by atoms with van der Waals surface area (Å²) in [6.45, 7) is 0. The molecule has 1 aromatic carbocycles. The summed E-state index contributed by atoms with van der Waals surface area (Å²) >= 11 is 3.26. The third kappa shape index (κ3) is 1.48. The highest BCUT2D eigenvalue weighted by atomic mass is 79.9. The summed E-state index contributed by atoms with van der Waals surface area (Å²) in [5.74, 6) is -0.229. The molecular weight excluding hydrogens is 197 g/mol. The van der Waals surface area contributed by atoms with Crippen LogP contribution in [0.4, 0.5) is 10.1 Å². The van der Waals surface area contributed by atoms with Crippen LogP contribution in [0.1, 0.15) is 0 Å². The van der Waals surface area contributed by atoms with Crippen molar-refractivity contribution < 1.29 is 4.39 Å². The van der Waals surface area contributed by atoms with Gasteiger partial charge in [-0.25, -0.2) is 4.39 Å². The van der Waals surface area contributed by atoms with Crippen molar-refractivity contribution in [1.29, 1.82) is 0 Å². The summed E-state index contributed by atoms with van der Waals surface area (Å²) < 4.78 is 13.3. The molecule has 0 amide bonds. The maximum Gasteiger partial charge on any atom is 0.125 e. The standard InChI is InChI=1S/C7H7BrFN/c1-10-7-4-5(9)2-3-6(7)8/h2-4,10H,1H3. The van der Waals surface area contributed by atoms with Gasteiger partial charge in [0.15, 0.2) is 0 Å². The lowest BCUT2D eigenvalue weighted by molar-refractivity contribution is 0.628. The highest BCUT2D eigenvalue weighted by molar-refractivity contribution is 9.10. The van der Waals surface area contributed by atoms with E-state index in [0.29, 0.717) is 0 Å². The molecule has 3 heteroatoms. The second-order valence-electron chi connectivity index (χ2n) is 1.87. The monoisotopic (exact) mass is 203 g/mol. The molecule has 0 radical (unpaired) electrons. The third-order valence-corrected chi connectivity index (χ3v) is 1.89. The first-order chi connectivity index (χ1) is 4.74. The summed E-state index contributed by atoms with van der Waals surface area (Å²) in [5, 5.41) is 2.85. The number of rotatable bonds is 1. The van der Waals surface area contributed by atoms with Crippen molar-refractivity contribution >= 4 is 21.6 Å². The number of hydrogen-bond acceptors (Lipinski definition) is 1. The minimum absolute atomic E-state index is 0.229. The van der Waals surface area contributed by atoms with Crippen LogP contribution in [0, 0.1) is 5.82 Å². The van der Waals surface area contributed by atoms with Crippen LogP contribution in [0.3, 0.4) is 0 Å². The van der Waals surface area contributed by atoms with E-state index in [1.807, 2.05) is 0 Å². The van der Waals surface area contributed by atoms with E-state index < -0.39 is 0 Å². The highest BCUT2D eigenvalue weighted by Gasteiger charge is 1.96. The Morgan fingerprint density at radius 2 is 2.20 bits per heavy atom. The highest BCUT2D eigenvalue weighted by Crippen LogP contribution is 2.21. The van der Waals surface area contributed by atoms with Gasteiger partial charge in [-0.2, -0.15) is 0 Å². The summed E-state index contributed by atoms with van der Waals surface area (Å²) in [6, 6.07) is 4.51. The van der Waals surface area contributed by atoms with Crippen molar-refractivity contribution in [2.75, 3.05) is 12.4 Å². The summed E-state index contributed by atoms with van der Waals surface area (Å²) in [6.07, 6.45) is 0. The number of nitrogens with one attached hydrogen (secondary N) is 1. The smallest absolute Gasteiger partial charge is 0.125 e. The summed E-state index contributed by atoms with van der Waals surface area (Å²) in [4.78, 5) is 0. The largest absolute Gasteiger partial charge is 0.387 e. The third-order valence-electron chi connectivity index (χ3n) is 1.20. The summed E-state index contributed by atoms with van der Waals surface area (Å²) in [5.41, 5.74) is 0.764. The average Bonchev–Trinajstić information content (AvgIpc) is 1.94. The van der Waals surface area contributed by atoms with Crippen LogP contribution in [-0.2, 0) is 0 Å². The van der Waals surface area contributed by atoms with Crippen molar-refractivity contribution in [2.45, 2.75) is 0 Å². The van der Waals surface area contributed by atoms with E-state index in [-0.39, 0.29) is 5.82 Å². The van der Waals surface area contributed by atoms with Gasteiger partial charge < -0.3 is 5.32 Å². The molecule has 0 aromatic heterocycles. The predicted octanol–water partition coefficient (Wildman–Crippen LogP) is 2.63. The Balaban J connectivity index is 3.09. The van der Waals surface area contributed by atoms with E-state index in [1.165, 1.54) is 12.1 Å². The van der Waals surface area contributed by atoms with Crippen LogP contribution in [0.5, 0.6) is 0 Å². The topological polar surface area (TPSA) is 12.0 Å². The Bertz CT molecular complexity index is 237. The molecule has 0 heterocycles. The average molecular weight is 204 g/mol.